The highest BCUT2D eigenvalue weighted by atomic mass is 16.5. The molecule has 0 saturated carbocycles. The van der Waals surface area contributed by atoms with E-state index in [0.29, 0.717) is 12.3 Å². The lowest BCUT2D eigenvalue weighted by atomic mass is 10.0. The number of carbonyl (C=O) groups is 1. The minimum absolute atomic E-state index is 0.261. The highest BCUT2D eigenvalue weighted by Gasteiger charge is 2.27. The summed E-state index contributed by atoms with van der Waals surface area (Å²) in [5, 5.41) is 7.91. The summed E-state index contributed by atoms with van der Waals surface area (Å²) in [5.41, 5.74) is 0.833. The topological polar surface area (TPSA) is 71.8 Å². The van der Waals surface area contributed by atoms with Crippen LogP contribution in [0.25, 0.3) is 5.65 Å². The fraction of sp³-hybridized carbons (Fsp3) is 0.588. The molecule has 1 amide bonds. The molecule has 1 N–H and O–H groups in total. The summed E-state index contributed by atoms with van der Waals surface area (Å²) in [7, 11) is 0. The number of anilines is 1. The van der Waals surface area contributed by atoms with Gasteiger partial charge < -0.3 is 15.0 Å². The van der Waals surface area contributed by atoms with E-state index in [-0.39, 0.29) is 11.9 Å². The van der Waals surface area contributed by atoms with Gasteiger partial charge in [-0.3, -0.25) is 4.79 Å². The summed E-state index contributed by atoms with van der Waals surface area (Å²) in [4.78, 5) is 18.5. The Morgan fingerprint density at radius 2 is 2.33 bits per heavy atom. The molecule has 2 aromatic rings. The molecule has 24 heavy (non-hydrogen) atoms. The van der Waals surface area contributed by atoms with Crippen LogP contribution in [0.1, 0.15) is 25.7 Å². The van der Waals surface area contributed by atoms with Crippen molar-refractivity contribution in [1.82, 2.24) is 19.5 Å². The number of hydrogen-bond donors (Lipinski definition) is 1. The van der Waals surface area contributed by atoms with Gasteiger partial charge in [-0.1, -0.05) is 0 Å². The van der Waals surface area contributed by atoms with Gasteiger partial charge in [-0.25, -0.2) is 9.50 Å². The van der Waals surface area contributed by atoms with Gasteiger partial charge in [-0.2, -0.15) is 0 Å². The normalized spacial score (nSPS) is 23.9. The standard InChI is InChI=1S/C17H23N5O2/c23-17(4-1-13-6-10-24-12-13)21-8-5-14(11-21)19-15-2-3-16-18-7-9-22(16)20-15/h2-3,7,9,13-14H,1,4-6,8,10-12H2,(H,19,20). The van der Waals surface area contributed by atoms with Crippen molar-refractivity contribution in [3.63, 3.8) is 0 Å². The molecule has 0 radical (unpaired) electrons. The Morgan fingerprint density at radius 1 is 1.38 bits per heavy atom. The van der Waals surface area contributed by atoms with Crippen molar-refractivity contribution in [2.24, 2.45) is 5.92 Å². The summed E-state index contributed by atoms with van der Waals surface area (Å²) in [5.74, 6) is 1.66. The van der Waals surface area contributed by atoms with Crippen molar-refractivity contribution < 1.29 is 9.53 Å². The Hall–Kier alpha value is -2.15. The average molecular weight is 329 g/mol. The van der Waals surface area contributed by atoms with Gasteiger partial charge in [-0.15, -0.1) is 5.10 Å². The fourth-order valence-corrected chi connectivity index (χ4v) is 3.50. The van der Waals surface area contributed by atoms with E-state index in [2.05, 4.69) is 15.4 Å². The Kier molecular flexibility index (Phi) is 4.34. The number of ether oxygens (including phenoxy) is 1. The Bertz CT molecular complexity index is 710. The molecular formula is C17H23N5O2. The Labute approximate surface area is 141 Å². The third-order valence-electron chi connectivity index (χ3n) is 4.94. The van der Waals surface area contributed by atoms with Crippen molar-refractivity contribution in [1.29, 1.82) is 0 Å². The molecule has 4 heterocycles. The van der Waals surface area contributed by atoms with E-state index >= 15 is 0 Å². The van der Waals surface area contributed by atoms with Gasteiger partial charge in [0.15, 0.2) is 5.65 Å². The zero-order chi connectivity index (χ0) is 16.4. The minimum atomic E-state index is 0.261. The number of rotatable bonds is 5. The van der Waals surface area contributed by atoms with Crippen molar-refractivity contribution in [3.8, 4) is 0 Å². The molecule has 0 aromatic carbocycles. The lowest BCUT2D eigenvalue weighted by Gasteiger charge is -2.18. The number of nitrogens with zero attached hydrogens (tertiary/aromatic N) is 4. The van der Waals surface area contributed by atoms with Crippen LogP contribution in [0.4, 0.5) is 5.82 Å². The first kappa shape index (κ1) is 15.4. The van der Waals surface area contributed by atoms with Crippen LogP contribution in [-0.4, -0.2) is 57.8 Å². The van der Waals surface area contributed by atoms with Crippen LogP contribution in [0.3, 0.4) is 0 Å². The molecule has 2 unspecified atom stereocenters. The summed E-state index contributed by atoms with van der Waals surface area (Å²) in [6, 6.07) is 4.14. The van der Waals surface area contributed by atoms with Crippen LogP contribution in [0.15, 0.2) is 24.5 Å². The first-order valence-electron chi connectivity index (χ1n) is 8.70. The van der Waals surface area contributed by atoms with E-state index in [0.717, 1.165) is 57.0 Å². The van der Waals surface area contributed by atoms with E-state index in [1.807, 2.05) is 23.2 Å². The first-order valence-corrected chi connectivity index (χ1v) is 8.70. The lowest BCUT2D eigenvalue weighted by Crippen LogP contribution is -2.32. The molecule has 2 fully saturated rings. The second-order valence-electron chi connectivity index (χ2n) is 6.69. The van der Waals surface area contributed by atoms with Crippen LogP contribution in [0.5, 0.6) is 0 Å². The maximum absolute atomic E-state index is 12.4. The first-order chi connectivity index (χ1) is 11.8. The number of hydrogen-bond acceptors (Lipinski definition) is 5. The summed E-state index contributed by atoms with van der Waals surface area (Å²) in [6.45, 7) is 3.25. The van der Waals surface area contributed by atoms with E-state index in [1.54, 1.807) is 10.7 Å². The number of aromatic nitrogens is 3. The van der Waals surface area contributed by atoms with Gasteiger partial charge in [0.05, 0.1) is 0 Å². The van der Waals surface area contributed by atoms with Crippen LogP contribution in [-0.2, 0) is 9.53 Å². The van der Waals surface area contributed by atoms with Gasteiger partial charge in [0.2, 0.25) is 5.91 Å². The molecule has 4 rings (SSSR count). The largest absolute Gasteiger partial charge is 0.381 e. The minimum Gasteiger partial charge on any atom is -0.381 e. The SMILES string of the molecule is O=C(CCC1CCOC1)N1CCC(Nc2ccc3nccn3n2)C1. The second kappa shape index (κ2) is 6.76. The summed E-state index contributed by atoms with van der Waals surface area (Å²) < 4.78 is 7.13. The molecule has 7 nitrogen and oxygen atoms in total. The van der Waals surface area contributed by atoms with E-state index in [4.69, 9.17) is 4.74 Å². The maximum atomic E-state index is 12.4. The number of amides is 1. The zero-order valence-corrected chi connectivity index (χ0v) is 13.7. The predicted molar refractivity (Wildman–Crippen MR) is 89.8 cm³/mol. The Morgan fingerprint density at radius 3 is 3.21 bits per heavy atom. The van der Waals surface area contributed by atoms with E-state index < -0.39 is 0 Å². The molecule has 0 bridgehead atoms. The lowest BCUT2D eigenvalue weighted by molar-refractivity contribution is -0.130. The van der Waals surface area contributed by atoms with Crippen molar-refractivity contribution in [3.05, 3.63) is 24.5 Å². The summed E-state index contributed by atoms with van der Waals surface area (Å²) in [6.07, 6.45) is 7.21. The maximum Gasteiger partial charge on any atom is 0.222 e. The molecule has 2 atom stereocenters. The van der Waals surface area contributed by atoms with Gasteiger partial charge in [0.25, 0.3) is 0 Å². The Balaban J connectivity index is 1.28. The molecule has 2 aliphatic rings. The second-order valence-corrected chi connectivity index (χ2v) is 6.69. The number of carbonyl (C=O) groups excluding carboxylic acids is 1. The van der Waals surface area contributed by atoms with Crippen molar-refractivity contribution >= 4 is 17.4 Å². The van der Waals surface area contributed by atoms with Crippen LogP contribution in [0, 0.1) is 5.92 Å². The summed E-state index contributed by atoms with van der Waals surface area (Å²) >= 11 is 0. The number of likely N-dealkylation sites (tertiary alicyclic amines) is 1. The van der Waals surface area contributed by atoms with Gasteiger partial charge in [0, 0.05) is 51.2 Å². The van der Waals surface area contributed by atoms with Crippen molar-refractivity contribution in [2.45, 2.75) is 31.7 Å². The van der Waals surface area contributed by atoms with Gasteiger partial charge in [-0.05, 0) is 37.3 Å². The van der Waals surface area contributed by atoms with Crippen LogP contribution < -0.4 is 5.32 Å². The fourth-order valence-electron chi connectivity index (χ4n) is 3.50. The third-order valence-corrected chi connectivity index (χ3v) is 4.94. The molecular weight excluding hydrogens is 306 g/mol. The molecule has 2 saturated heterocycles. The predicted octanol–water partition coefficient (Wildman–Crippen LogP) is 1.56. The molecule has 7 heteroatoms. The number of imidazole rings is 1. The highest BCUT2D eigenvalue weighted by Crippen LogP contribution is 2.20. The molecule has 2 aliphatic heterocycles. The molecule has 0 aliphatic carbocycles. The third kappa shape index (κ3) is 3.36. The highest BCUT2D eigenvalue weighted by molar-refractivity contribution is 5.76. The van der Waals surface area contributed by atoms with E-state index in [1.165, 1.54) is 0 Å². The quantitative estimate of drug-likeness (QED) is 0.901. The average Bonchev–Trinajstić information content (AvgIpc) is 3.33. The van der Waals surface area contributed by atoms with Crippen molar-refractivity contribution in [2.75, 3.05) is 31.6 Å². The van der Waals surface area contributed by atoms with E-state index in [9.17, 15) is 4.79 Å². The molecule has 128 valence electrons. The van der Waals surface area contributed by atoms with Gasteiger partial charge in [0.1, 0.15) is 5.82 Å². The van der Waals surface area contributed by atoms with Gasteiger partial charge >= 0.3 is 0 Å². The zero-order valence-electron chi connectivity index (χ0n) is 13.7. The number of fused-ring (bicyclic) bond motifs is 1. The van der Waals surface area contributed by atoms with Crippen LogP contribution >= 0.6 is 0 Å². The monoisotopic (exact) mass is 329 g/mol. The molecule has 2 aromatic heterocycles. The van der Waals surface area contributed by atoms with Crippen LogP contribution in [0.2, 0.25) is 0 Å². The smallest absolute Gasteiger partial charge is 0.222 e. The number of nitrogens with one attached hydrogen (secondary N) is 1. The molecule has 0 spiro atoms.